The zero-order valence-electron chi connectivity index (χ0n) is 12.6. The van der Waals surface area contributed by atoms with Gasteiger partial charge >= 0.3 is 0 Å². The van der Waals surface area contributed by atoms with Crippen LogP contribution in [0.5, 0.6) is 5.88 Å². The van der Waals surface area contributed by atoms with Crippen molar-refractivity contribution in [1.82, 2.24) is 15.0 Å². The number of hydrogen-bond acceptors (Lipinski definition) is 4. The average Bonchev–Trinajstić information content (AvgIpc) is 2.98. The van der Waals surface area contributed by atoms with Crippen LogP contribution in [0.1, 0.15) is 12.5 Å². The minimum atomic E-state index is -0.216. The molecule has 0 spiro atoms. The van der Waals surface area contributed by atoms with Crippen LogP contribution in [0.3, 0.4) is 0 Å². The quantitative estimate of drug-likeness (QED) is 0.710. The van der Waals surface area contributed by atoms with Gasteiger partial charge in [-0.25, -0.2) is 9.97 Å². The number of ether oxygens (including phenoxy) is 1. The molecule has 116 valence electrons. The number of amides is 1. The summed E-state index contributed by atoms with van der Waals surface area (Å²) >= 11 is 0. The Morgan fingerprint density at radius 3 is 2.91 bits per heavy atom. The molecule has 0 saturated carbocycles. The van der Waals surface area contributed by atoms with E-state index >= 15 is 0 Å². The van der Waals surface area contributed by atoms with Gasteiger partial charge in [-0.15, -0.1) is 0 Å². The maximum atomic E-state index is 11.8. The summed E-state index contributed by atoms with van der Waals surface area (Å²) in [6.07, 6.45) is 6.23. The van der Waals surface area contributed by atoms with Crippen molar-refractivity contribution in [2.75, 3.05) is 5.32 Å². The lowest BCUT2D eigenvalue weighted by Crippen LogP contribution is -2.07. The molecule has 3 aromatic rings. The van der Waals surface area contributed by atoms with Crippen molar-refractivity contribution in [2.24, 2.45) is 0 Å². The molecule has 6 nitrogen and oxygen atoms in total. The Balaban J connectivity index is 1.87. The Bertz CT molecular complexity index is 840. The van der Waals surface area contributed by atoms with Gasteiger partial charge in [0.25, 0.3) is 0 Å². The Hall–Kier alpha value is -3.15. The maximum Gasteiger partial charge on any atom is 0.248 e. The fourth-order valence-corrected chi connectivity index (χ4v) is 2.19. The third-order valence-corrected chi connectivity index (χ3v) is 3.23. The molecule has 2 heterocycles. The van der Waals surface area contributed by atoms with E-state index in [4.69, 9.17) is 4.74 Å². The number of carbonyl (C=O) groups is 1. The first kappa shape index (κ1) is 14.8. The molecule has 0 bridgehead atoms. The number of aromatic amines is 1. The average molecular weight is 308 g/mol. The van der Waals surface area contributed by atoms with E-state index in [1.165, 1.54) is 12.4 Å². The smallest absolute Gasteiger partial charge is 0.248 e. The van der Waals surface area contributed by atoms with Crippen molar-refractivity contribution in [3.63, 3.8) is 0 Å². The molecule has 1 amide bonds. The number of benzene rings is 1. The van der Waals surface area contributed by atoms with Gasteiger partial charge < -0.3 is 15.0 Å². The molecular formula is C17H16N4O2. The summed E-state index contributed by atoms with van der Waals surface area (Å²) in [7, 11) is 0. The van der Waals surface area contributed by atoms with Crippen LogP contribution in [0.25, 0.3) is 11.0 Å². The molecule has 6 heteroatoms. The highest BCUT2D eigenvalue weighted by Gasteiger charge is 2.13. The number of fused-ring (bicyclic) bond motifs is 1. The highest BCUT2D eigenvalue weighted by Crippen LogP contribution is 2.29. The molecule has 0 aliphatic heterocycles. The summed E-state index contributed by atoms with van der Waals surface area (Å²) in [4.78, 5) is 23.1. The van der Waals surface area contributed by atoms with Gasteiger partial charge in [-0.3, -0.25) is 4.79 Å². The summed E-state index contributed by atoms with van der Waals surface area (Å²) in [5, 5.41) is 3.44. The number of carbonyl (C=O) groups excluding carboxylic acids is 1. The van der Waals surface area contributed by atoms with Crippen LogP contribution >= 0.6 is 0 Å². The zero-order chi connectivity index (χ0) is 16.1. The number of hydrogen-bond donors (Lipinski definition) is 2. The van der Waals surface area contributed by atoms with E-state index < -0.39 is 0 Å². The molecule has 23 heavy (non-hydrogen) atoms. The number of nitrogens with one attached hydrogen (secondary N) is 2. The normalized spacial score (nSPS) is 11.0. The molecule has 0 atom stereocenters. The van der Waals surface area contributed by atoms with Gasteiger partial charge in [-0.2, -0.15) is 0 Å². The van der Waals surface area contributed by atoms with Crippen molar-refractivity contribution in [3.8, 4) is 5.88 Å². The number of H-pyrrole nitrogens is 1. The molecule has 1 aromatic carbocycles. The van der Waals surface area contributed by atoms with E-state index in [1.54, 1.807) is 19.2 Å². The molecule has 2 aromatic heterocycles. The highest BCUT2D eigenvalue weighted by atomic mass is 16.5. The van der Waals surface area contributed by atoms with Crippen LogP contribution in [0.4, 0.5) is 5.69 Å². The first-order valence-electron chi connectivity index (χ1n) is 7.20. The van der Waals surface area contributed by atoms with Crippen LogP contribution in [0.15, 0.2) is 55.0 Å². The first-order valence-corrected chi connectivity index (χ1v) is 7.20. The number of aromatic nitrogens is 3. The lowest BCUT2D eigenvalue weighted by Gasteiger charge is -2.07. The minimum absolute atomic E-state index is 0.216. The summed E-state index contributed by atoms with van der Waals surface area (Å²) in [6, 6.07) is 9.81. The molecule has 0 aliphatic rings. The Morgan fingerprint density at radius 1 is 1.30 bits per heavy atom. The van der Waals surface area contributed by atoms with E-state index in [2.05, 4.69) is 20.3 Å². The van der Waals surface area contributed by atoms with E-state index in [1.807, 2.05) is 30.3 Å². The van der Waals surface area contributed by atoms with Crippen molar-refractivity contribution < 1.29 is 9.53 Å². The fourth-order valence-electron chi connectivity index (χ4n) is 2.19. The predicted molar refractivity (Wildman–Crippen MR) is 88.1 cm³/mol. The first-order chi connectivity index (χ1) is 11.3. The van der Waals surface area contributed by atoms with Crippen LogP contribution in [0, 0.1) is 0 Å². The molecule has 0 aliphatic carbocycles. The largest absolute Gasteiger partial charge is 0.472 e. The van der Waals surface area contributed by atoms with Crippen molar-refractivity contribution in [3.05, 3.63) is 60.6 Å². The molecule has 0 saturated heterocycles. The molecule has 2 N–H and O–H groups in total. The van der Waals surface area contributed by atoms with Crippen LogP contribution in [-0.4, -0.2) is 20.9 Å². The Labute approximate surface area is 133 Å². The van der Waals surface area contributed by atoms with Crippen molar-refractivity contribution in [2.45, 2.75) is 13.5 Å². The standard InChI is InChI=1S/C17H16N4O2/c1-2-6-14(22)21-13-9-18-16-15(13)17(20-11-19-16)23-10-12-7-4-3-5-8-12/h2-9,11H,10H2,1H3,(H,21,22)(H,18,19,20)/b6-2+. The third-order valence-electron chi connectivity index (χ3n) is 3.23. The lowest BCUT2D eigenvalue weighted by molar-refractivity contribution is -0.111. The molecule has 0 unspecified atom stereocenters. The van der Waals surface area contributed by atoms with Gasteiger partial charge in [-0.05, 0) is 18.6 Å². The summed E-state index contributed by atoms with van der Waals surface area (Å²) in [5.41, 5.74) is 2.24. The van der Waals surface area contributed by atoms with E-state index in [-0.39, 0.29) is 5.91 Å². The fraction of sp³-hybridized carbons (Fsp3) is 0.118. The molecule has 3 rings (SSSR count). The van der Waals surface area contributed by atoms with Gasteiger partial charge in [0.15, 0.2) is 0 Å². The minimum Gasteiger partial charge on any atom is -0.472 e. The highest BCUT2D eigenvalue weighted by molar-refractivity contribution is 6.06. The molecular weight excluding hydrogens is 292 g/mol. The second-order valence-electron chi connectivity index (χ2n) is 4.87. The van der Waals surface area contributed by atoms with E-state index in [0.29, 0.717) is 29.2 Å². The van der Waals surface area contributed by atoms with Gasteiger partial charge in [0.2, 0.25) is 11.8 Å². The lowest BCUT2D eigenvalue weighted by atomic mass is 10.2. The number of anilines is 1. The van der Waals surface area contributed by atoms with Gasteiger partial charge in [0, 0.05) is 6.20 Å². The summed E-state index contributed by atoms with van der Waals surface area (Å²) < 4.78 is 5.81. The molecule has 0 radical (unpaired) electrons. The van der Waals surface area contributed by atoms with Gasteiger partial charge in [0.05, 0.1) is 5.69 Å². The van der Waals surface area contributed by atoms with Crippen LogP contribution < -0.4 is 10.1 Å². The summed E-state index contributed by atoms with van der Waals surface area (Å²) in [5.74, 6) is 0.210. The van der Waals surface area contributed by atoms with Gasteiger partial charge in [0.1, 0.15) is 24.0 Å². The zero-order valence-corrected chi connectivity index (χ0v) is 12.6. The van der Waals surface area contributed by atoms with Crippen LogP contribution in [0.2, 0.25) is 0 Å². The maximum absolute atomic E-state index is 11.8. The van der Waals surface area contributed by atoms with E-state index in [0.717, 1.165) is 5.56 Å². The number of nitrogens with zero attached hydrogens (tertiary/aromatic N) is 2. The summed E-state index contributed by atoms with van der Waals surface area (Å²) in [6.45, 7) is 2.17. The Morgan fingerprint density at radius 2 is 2.13 bits per heavy atom. The SMILES string of the molecule is C/C=C/C(=O)Nc1c[nH]c2ncnc(OCc3ccccc3)c12. The second kappa shape index (κ2) is 6.74. The number of allylic oxidation sites excluding steroid dienone is 1. The van der Waals surface area contributed by atoms with Gasteiger partial charge in [-0.1, -0.05) is 36.4 Å². The van der Waals surface area contributed by atoms with Crippen LogP contribution in [-0.2, 0) is 11.4 Å². The van der Waals surface area contributed by atoms with Crippen molar-refractivity contribution >= 4 is 22.6 Å². The van der Waals surface area contributed by atoms with E-state index in [9.17, 15) is 4.79 Å². The molecule has 0 fully saturated rings. The Kier molecular flexibility index (Phi) is 4.33. The predicted octanol–water partition coefficient (Wildman–Crippen LogP) is 3.05. The number of rotatable bonds is 5. The van der Waals surface area contributed by atoms with Crippen molar-refractivity contribution in [1.29, 1.82) is 0 Å². The third kappa shape index (κ3) is 3.37. The topological polar surface area (TPSA) is 79.9 Å². The second-order valence-corrected chi connectivity index (χ2v) is 4.87. The monoisotopic (exact) mass is 308 g/mol.